The van der Waals surface area contributed by atoms with E-state index < -0.39 is 0 Å². The molecule has 1 aromatic rings. The van der Waals surface area contributed by atoms with E-state index in [9.17, 15) is 4.79 Å². The highest BCUT2D eigenvalue weighted by molar-refractivity contribution is 5.79. The minimum atomic E-state index is 0.0973. The Morgan fingerprint density at radius 1 is 1.45 bits per heavy atom. The van der Waals surface area contributed by atoms with Crippen LogP contribution in [-0.4, -0.2) is 31.6 Å². The Labute approximate surface area is 120 Å². The van der Waals surface area contributed by atoms with E-state index in [1.807, 2.05) is 24.3 Å². The second-order valence-electron chi connectivity index (χ2n) is 5.49. The smallest absolute Gasteiger partial charge is 0.224 e. The normalized spacial score (nSPS) is 22.5. The fourth-order valence-corrected chi connectivity index (χ4v) is 2.68. The fraction of sp³-hybridized carbons (Fsp3) is 0.562. The van der Waals surface area contributed by atoms with Crippen molar-refractivity contribution in [1.82, 2.24) is 10.6 Å². The number of piperidine rings is 1. The summed E-state index contributed by atoms with van der Waals surface area (Å²) >= 11 is 0. The number of carbonyl (C=O) groups excluding carboxylic acids is 1. The molecule has 0 bridgehead atoms. The zero-order valence-corrected chi connectivity index (χ0v) is 12.3. The first-order chi connectivity index (χ1) is 9.69. The van der Waals surface area contributed by atoms with E-state index in [0.29, 0.717) is 19.1 Å². The van der Waals surface area contributed by atoms with Crippen LogP contribution in [0.25, 0.3) is 0 Å². The van der Waals surface area contributed by atoms with Crippen molar-refractivity contribution in [2.75, 3.05) is 13.7 Å². The van der Waals surface area contributed by atoms with Gasteiger partial charge in [0.1, 0.15) is 0 Å². The summed E-state index contributed by atoms with van der Waals surface area (Å²) < 4.78 is 5.11. The summed E-state index contributed by atoms with van der Waals surface area (Å²) in [4.78, 5) is 12.1. The molecule has 1 aliphatic rings. The molecule has 2 N–H and O–H groups in total. The Hall–Kier alpha value is -1.39. The standard InChI is InChI=1S/C16H24N2O2/c1-12-15(7-4-8-17-12)18-16(19)10-13-5-3-6-14(9-13)11-20-2/h3,5-6,9,12,15,17H,4,7-8,10-11H2,1-2H3,(H,18,19)/t12-,15-/m1/s1. The number of benzene rings is 1. The minimum absolute atomic E-state index is 0.0973. The molecule has 0 unspecified atom stereocenters. The molecule has 0 aliphatic carbocycles. The molecule has 110 valence electrons. The monoisotopic (exact) mass is 276 g/mol. The third-order valence-electron chi connectivity index (χ3n) is 3.78. The SMILES string of the molecule is COCc1cccc(CC(=O)N[C@@H]2CCCN[C@@H]2C)c1. The van der Waals surface area contributed by atoms with E-state index in [1.165, 1.54) is 0 Å². The van der Waals surface area contributed by atoms with Crippen molar-refractivity contribution in [2.24, 2.45) is 0 Å². The molecule has 0 radical (unpaired) electrons. The van der Waals surface area contributed by atoms with Gasteiger partial charge in [0.15, 0.2) is 0 Å². The third-order valence-corrected chi connectivity index (χ3v) is 3.78. The Morgan fingerprint density at radius 3 is 3.00 bits per heavy atom. The van der Waals surface area contributed by atoms with Crippen LogP contribution in [0.1, 0.15) is 30.9 Å². The van der Waals surface area contributed by atoms with Crippen LogP contribution in [0.5, 0.6) is 0 Å². The molecule has 1 aromatic carbocycles. The average molecular weight is 276 g/mol. The Bertz CT molecular complexity index is 448. The molecule has 0 saturated carbocycles. The maximum absolute atomic E-state index is 12.1. The summed E-state index contributed by atoms with van der Waals surface area (Å²) in [7, 11) is 1.68. The number of ether oxygens (including phenoxy) is 1. The lowest BCUT2D eigenvalue weighted by Crippen LogP contribution is -2.52. The quantitative estimate of drug-likeness (QED) is 0.859. The Kier molecular flexibility index (Phi) is 5.56. The number of hydrogen-bond donors (Lipinski definition) is 2. The topological polar surface area (TPSA) is 50.4 Å². The van der Waals surface area contributed by atoms with Crippen molar-refractivity contribution in [3.05, 3.63) is 35.4 Å². The molecule has 2 rings (SSSR count). The Morgan fingerprint density at radius 2 is 2.25 bits per heavy atom. The number of carbonyl (C=O) groups is 1. The number of hydrogen-bond acceptors (Lipinski definition) is 3. The van der Waals surface area contributed by atoms with Gasteiger partial charge in [-0.15, -0.1) is 0 Å². The molecular formula is C16H24N2O2. The largest absolute Gasteiger partial charge is 0.380 e. The van der Waals surface area contributed by atoms with Gasteiger partial charge in [-0.2, -0.15) is 0 Å². The lowest BCUT2D eigenvalue weighted by Gasteiger charge is -2.30. The number of nitrogens with one attached hydrogen (secondary N) is 2. The van der Waals surface area contributed by atoms with Crippen molar-refractivity contribution >= 4 is 5.91 Å². The predicted molar refractivity (Wildman–Crippen MR) is 79.5 cm³/mol. The van der Waals surface area contributed by atoms with Gasteiger partial charge in [0, 0.05) is 19.2 Å². The zero-order valence-electron chi connectivity index (χ0n) is 12.3. The summed E-state index contributed by atoms with van der Waals surface area (Å²) in [6.07, 6.45) is 2.61. The maximum atomic E-state index is 12.1. The van der Waals surface area contributed by atoms with Crippen LogP contribution in [-0.2, 0) is 22.6 Å². The predicted octanol–water partition coefficient (Wildman–Crippen LogP) is 1.63. The number of rotatable bonds is 5. The maximum Gasteiger partial charge on any atom is 0.224 e. The van der Waals surface area contributed by atoms with Crippen LogP contribution in [0.15, 0.2) is 24.3 Å². The van der Waals surface area contributed by atoms with Crippen LogP contribution < -0.4 is 10.6 Å². The lowest BCUT2D eigenvalue weighted by atomic mass is 9.99. The molecule has 1 heterocycles. The van der Waals surface area contributed by atoms with Gasteiger partial charge in [-0.1, -0.05) is 24.3 Å². The second kappa shape index (κ2) is 7.41. The number of amides is 1. The van der Waals surface area contributed by atoms with Gasteiger partial charge in [-0.05, 0) is 37.4 Å². The van der Waals surface area contributed by atoms with E-state index in [-0.39, 0.29) is 11.9 Å². The van der Waals surface area contributed by atoms with Crippen LogP contribution in [0.2, 0.25) is 0 Å². The van der Waals surface area contributed by atoms with E-state index in [0.717, 1.165) is 30.5 Å². The van der Waals surface area contributed by atoms with Crippen molar-refractivity contribution in [1.29, 1.82) is 0 Å². The van der Waals surface area contributed by atoms with Gasteiger partial charge < -0.3 is 15.4 Å². The van der Waals surface area contributed by atoms with E-state index >= 15 is 0 Å². The lowest BCUT2D eigenvalue weighted by molar-refractivity contribution is -0.121. The summed E-state index contributed by atoms with van der Waals surface area (Å²) in [6, 6.07) is 8.61. The molecule has 4 nitrogen and oxygen atoms in total. The summed E-state index contributed by atoms with van der Waals surface area (Å²) in [6.45, 7) is 3.76. The van der Waals surface area contributed by atoms with Crippen molar-refractivity contribution in [3.8, 4) is 0 Å². The van der Waals surface area contributed by atoms with Crippen LogP contribution >= 0.6 is 0 Å². The third kappa shape index (κ3) is 4.32. The van der Waals surface area contributed by atoms with Crippen LogP contribution in [0, 0.1) is 0 Å². The summed E-state index contributed by atoms with van der Waals surface area (Å²) in [5, 5.41) is 6.53. The molecule has 20 heavy (non-hydrogen) atoms. The summed E-state index contributed by atoms with van der Waals surface area (Å²) in [5.41, 5.74) is 2.14. The molecule has 0 spiro atoms. The van der Waals surface area contributed by atoms with E-state index in [1.54, 1.807) is 7.11 Å². The molecule has 1 saturated heterocycles. The van der Waals surface area contributed by atoms with Crippen molar-refractivity contribution in [2.45, 2.75) is 44.9 Å². The van der Waals surface area contributed by atoms with Crippen LogP contribution in [0.4, 0.5) is 0 Å². The minimum Gasteiger partial charge on any atom is -0.380 e. The van der Waals surface area contributed by atoms with Gasteiger partial charge in [0.05, 0.1) is 13.0 Å². The molecule has 1 aliphatic heterocycles. The van der Waals surface area contributed by atoms with Gasteiger partial charge >= 0.3 is 0 Å². The van der Waals surface area contributed by atoms with Gasteiger partial charge in [0.2, 0.25) is 5.91 Å². The molecular weight excluding hydrogens is 252 g/mol. The molecule has 1 fully saturated rings. The van der Waals surface area contributed by atoms with Crippen LogP contribution in [0.3, 0.4) is 0 Å². The first kappa shape index (κ1) is 15.0. The van der Waals surface area contributed by atoms with Crippen molar-refractivity contribution < 1.29 is 9.53 Å². The van der Waals surface area contributed by atoms with Gasteiger partial charge in [0.25, 0.3) is 0 Å². The average Bonchev–Trinajstić information content (AvgIpc) is 2.42. The fourth-order valence-electron chi connectivity index (χ4n) is 2.68. The highest BCUT2D eigenvalue weighted by Gasteiger charge is 2.22. The second-order valence-corrected chi connectivity index (χ2v) is 5.49. The van der Waals surface area contributed by atoms with Gasteiger partial charge in [-0.3, -0.25) is 4.79 Å². The molecule has 0 aromatic heterocycles. The van der Waals surface area contributed by atoms with E-state index in [4.69, 9.17) is 4.74 Å². The molecule has 4 heteroatoms. The van der Waals surface area contributed by atoms with Gasteiger partial charge in [-0.25, -0.2) is 0 Å². The Balaban J connectivity index is 1.88. The van der Waals surface area contributed by atoms with E-state index in [2.05, 4.69) is 17.6 Å². The summed E-state index contributed by atoms with van der Waals surface area (Å²) in [5.74, 6) is 0.0973. The molecule has 2 atom stereocenters. The first-order valence-corrected chi connectivity index (χ1v) is 7.28. The van der Waals surface area contributed by atoms with Crippen molar-refractivity contribution in [3.63, 3.8) is 0 Å². The highest BCUT2D eigenvalue weighted by atomic mass is 16.5. The zero-order chi connectivity index (χ0) is 14.4. The number of methoxy groups -OCH3 is 1. The molecule has 1 amide bonds. The highest BCUT2D eigenvalue weighted by Crippen LogP contribution is 2.10. The first-order valence-electron chi connectivity index (χ1n) is 7.28.